The molecule has 45 heavy (non-hydrogen) atoms. The van der Waals surface area contributed by atoms with Crippen LogP contribution in [0.3, 0.4) is 0 Å². The van der Waals surface area contributed by atoms with Gasteiger partial charge in [0.25, 0.3) is 0 Å². The zero-order valence-corrected chi connectivity index (χ0v) is 33.5. The van der Waals surface area contributed by atoms with E-state index in [9.17, 15) is 14.4 Å². The molecule has 4 amide bonds. The Morgan fingerprint density at radius 2 is 0.933 bits per heavy atom. The van der Waals surface area contributed by atoms with Gasteiger partial charge < -0.3 is 22.9 Å². The van der Waals surface area contributed by atoms with E-state index >= 15 is 0 Å². The molecule has 8 N–H and O–H groups in total. The van der Waals surface area contributed by atoms with Gasteiger partial charge in [-0.2, -0.15) is 0 Å². The average Bonchev–Trinajstić information content (AvgIpc) is 2.93. The minimum absolute atomic E-state index is 0.0103. The van der Waals surface area contributed by atoms with E-state index in [1.54, 1.807) is 0 Å². The molecule has 0 saturated carbocycles. The molecule has 0 aliphatic carbocycles. The summed E-state index contributed by atoms with van der Waals surface area (Å²) in [5, 5.41) is 0. The standard InChI is InChI=1S/C28H32Br6N8O3/c29-15-9-19(31)17(20(32)10-15)13-28(14-18-21(33)11-16(30)12-22(18)34)23(43)41(7-3-1-5-39-25(35)36)27(45)42(24(28)44)8-4-2-6-40-26(37)38/h9-12H,1-8,13-14H2,(H4,35,36,39)(H4,37,38,40). The highest BCUT2D eigenvalue weighted by Gasteiger charge is 2.57. The highest BCUT2D eigenvalue weighted by molar-refractivity contribution is 9.12. The quantitative estimate of drug-likeness (QED) is 0.0782. The van der Waals surface area contributed by atoms with Gasteiger partial charge in [-0.05, 0) is 73.9 Å². The van der Waals surface area contributed by atoms with E-state index in [0.29, 0.717) is 67.8 Å². The van der Waals surface area contributed by atoms with Crippen LogP contribution in [0.2, 0.25) is 0 Å². The van der Waals surface area contributed by atoms with Crippen molar-refractivity contribution in [2.45, 2.75) is 38.5 Å². The Labute approximate surface area is 312 Å². The fourth-order valence-electron chi connectivity index (χ4n) is 4.95. The van der Waals surface area contributed by atoms with Gasteiger partial charge in [-0.1, -0.05) is 95.6 Å². The molecular weight excluding hydrogens is 976 g/mol. The number of urea groups is 1. The Morgan fingerprint density at radius 3 is 1.24 bits per heavy atom. The van der Waals surface area contributed by atoms with Crippen LogP contribution < -0.4 is 22.9 Å². The van der Waals surface area contributed by atoms with E-state index < -0.39 is 23.3 Å². The topological polar surface area (TPSA) is 186 Å². The van der Waals surface area contributed by atoms with Crippen molar-refractivity contribution < 1.29 is 14.4 Å². The first-order valence-corrected chi connectivity index (χ1v) is 18.5. The maximum Gasteiger partial charge on any atom is 0.333 e. The fraction of sp³-hybridized carbons (Fsp3) is 0.393. The molecule has 0 spiro atoms. The second kappa shape index (κ2) is 17.0. The first-order valence-electron chi connectivity index (χ1n) is 13.7. The van der Waals surface area contributed by atoms with Gasteiger partial charge in [0.15, 0.2) is 11.9 Å². The Morgan fingerprint density at radius 1 is 0.600 bits per heavy atom. The first kappa shape index (κ1) is 37.9. The van der Waals surface area contributed by atoms with Gasteiger partial charge in [-0.3, -0.25) is 29.4 Å². The molecule has 1 aliphatic heterocycles. The first-order chi connectivity index (χ1) is 21.2. The van der Waals surface area contributed by atoms with Gasteiger partial charge >= 0.3 is 6.03 Å². The number of carbonyl (C=O) groups excluding carboxylic acids is 3. The molecule has 17 heteroatoms. The third-order valence-corrected chi connectivity index (χ3v) is 10.9. The van der Waals surface area contributed by atoms with Crippen LogP contribution in [0.25, 0.3) is 0 Å². The predicted octanol–water partition coefficient (Wildman–Crippen LogP) is 5.93. The van der Waals surface area contributed by atoms with E-state index in [0.717, 1.165) is 8.95 Å². The number of benzene rings is 2. The Balaban J connectivity index is 2.15. The van der Waals surface area contributed by atoms with E-state index in [2.05, 4.69) is 106 Å². The molecule has 3 rings (SSSR count). The van der Waals surface area contributed by atoms with Crippen molar-refractivity contribution in [1.82, 2.24) is 9.80 Å². The normalized spacial score (nSPS) is 14.6. The number of barbiturate groups is 1. The molecule has 2 aromatic rings. The molecule has 1 aliphatic rings. The number of halogens is 6. The van der Waals surface area contributed by atoms with Gasteiger partial charge in [-0.15, -0.1) is 0 Å². The molecule has 244 valence electrons. The second-order valence-corrected chi connectivity index (χ2v) is 15.6. The maximum atomic E-state index is 14.7. The van der Waals surface area contributed by atoms with Crippen LogP contribution in [-0.2, 0) is 22.4 Å². The lowest BCUT2D eigenvalue weighted by molar-refractivity contribution is -0.159. The zero-order chi connectivity index (χ0) is 33.5. The van der Waals surface area contributed by atoms with Crippen LogP contribution in [0.4, 0.5) is 4.79 Å². The number of guanidine groups is 2. The van der Waals surface area contributed by atoms with Crippen molar-refractivity contribution in [2.75, 3.05) is 26.2 Å². The number of hydrogen-bond donors (Lipinski definition) is 4. The summed E-state index contributed by atoms with van der Waals surface area (Å²) in [7, 11) is 0. The van der Waals surface area contributed by atoms with Crippen molar-refractivity contribution in [1.29, 1.82) is 0 Å². The number of nitrogens with two attached hydrogens (primary N) is 4. The summed E-state index contributed by atoms with van der Waals surface area (Å²) in [4.78, 5) is 53.6. The van der Waals surface area contributed by atoms with E-state index in [-0.39, 0.29) is 37.9 Å². The number of aliphatic imine (C=N–C) groups is 2. The summed E-state index contributed by atoms with van der Waals surface area (Å²) in [5.41, 5.74) is 21.5. The molecule has 1 saturated heterocycles. The number of hydrogen-bond acceptors (Lipinski definition) is 5. The molecule has 1 fully saturated rings. The van der Waals surface area contributed by atoms with Crippen molar-refractivity contribution >= 4 is 125 Å². The molecule has 2 aromatic carbocycles. The molecule has 0 atom stereocenters. The number of unbranched alkanes of at least 4 members (excludes halogenated alkanes) is 2. The summed E-state index contributed by atoms with van der Waals surface area (Å²) < 4.78 is 4.39. The van der Waals surface area contributed by atoms with Crippen LogP contribution in [0.15, 0.2) is 61.1 Å². The average molecular weight is 1010 g/mol. The van der Waals surface area contributed by atoms with Crippen LogP contribution >= 0.6 is 95.6 Å². The van der Waals surface area contributed by atoms with Gasteiger partial charge in [0.05, 0.1) is 0 Å². The summed E-state index contributed by atoms with van der Waals surface area (Å²) in [6.45, 7) is 0.856. The summed E-state index contributed by atoms with van der Waals surface area (Å²) in [5.74, 6) is -1.21. The highest BCUT2D eigenvalue weighted by Crippen LogP contribution is 2.44. The molecular formula is C28H32Br6N8O3. The lowest BCUT2D eigenvalue weighted by atomic mass is 9.72. The number of amides is 4. The molecule has 0 unspecified atom stereocenters. The van der Waals surface area contributed by atoms with Crippen LogP contribution in [-0.4, -0.2) is 65.7 Å². The fourth-order valence-corrected chi connectivity index (χ4v) is 10.0. The molecule has 11 nitrogen and oxygen atoms in total. The number of imide groups is 2. The SMILES string of the molecule is NC(N)=NCCCCN1C(=O)N(CCCCN=C(N)N)C(=O)C(Cc2c(Br)cc(Br)cc2Br)(Cc2c(Br)cc(Br)cc2Br)C1=O. The van der Waals surface area contributed by atoms with E-state index in [1.807, 2.05) is 24.3 Å². The second-order valence-electron chi connectivity index (χ2n) is 10.4. The zero-order valence-electron chi connectivity index (χ0n) is 24.0. The van der Waals surface area contributed by atoms with E-state index in [1.165, 1.54) is 9.80 Å². The minimum atomic E-state index is -1.68. The van der Waals surface area contributed by atoms with Gasteiger partial charge in [0.2, 0.25) is 11.8 Å². The number of carbonyl (C=O) groups is 3. The minimum Gasteiger partial charge on any atom is -0.370 e. The Kier molecular flexibility index (Phi) is 14.4. The smallest absolute Gasteiger partial charge is 0.333 e. The van der Waals surface area contributed by atoms with Crippen LogP contribution in [0.5, 0.6) is 0 Å². The molecule has 1 heterocycles. The Hall–Kier alpha value is -1.53. The van der Waals surface area contributed by atoms with E-state index in [4.69, 9.17) is 22.9 Å². The van der Waals surface area contributed by atoms with Crippen molar-refractivity contribution in [3.05, 3.63) is 62.2 Å². The number of nitrogens with zero attached hydrogens (tertiary/aromatic N) is 4. The summed E-state index contributed by atoms with van der Waals surface area (Å²) >= 11 is 21.5. The van der Waals surface area contributed by atoms with Crippen molar-refractivity contribution in [2.24, 2.45) is 38.3 Å². The maximum absolute atomic E-state index is 14.7. The Bertz CT molecular complexity index is 1360. The monoisotopic (exact) mass is 1000 g/mol. The highest BCUT2D eigenvalue weighted by atomic mass is 79.9. The van der Waals surface area contributed by atoms with Crippen molar-refractivity contribution in [3.63, 3.8) is 0 Å². The lowest BCUT2D eigenvalue weighted by Crippen LogP contribution is -2.66. The predicted molar refractivity (Wildman–Crippen MR) is 198 cm³/mol. The summed E-state index contributed by atoms with van der Waals surface area (Å²) in [6, 6.07) is 6.75. The third-order valence-electron chi connectivity index (χ3n) is 7.11. The molecule has 0 aromatic heterocycles. The molecule has 0 radical (unpaired) electrons. The van der Waals surface area contributed by atoms with Crippen LogP contribution in [0.1, 0.15) is 36.8 Å². The van der Waals surface area contributed by atoms with Gasteiger partial charge in [0, 0.05) is 53.0 Å². The third kappa shape index (κ3) is 9.75. The van der Waals surface area contributed by atoms with Crippen LogP contribution in [0, 0.1) is 5.41 Å². The van der Waals surface area contributed by atoms with Gasteiger partial charge in [0.1, 0.15) is 5.41 Å². The summed E-state index contributed by atoms with van der Waals surface area (Å²) in [6.07, 6.45) is 1.96. The lowest BCUT2D eigenvalue weighted by Gasteiger charge is -2.45. The molecule has 0 bridgehead atoms. The van der Waals surface area contributed by atoms with Crippen molar-refractivity contribution in [3.8, 4) is 0 Å². The largest absolute Gasteiger partial charge is 0.370 e. The number of rotatable bonds is 14. The van der Waals surface area contributed by atoms with Gasteiger partial charge in [-0.25, -0.2) is 4.79 Å².